The van der Waals surface area contributed by atoms with Crippen LogP contribution in [0.2, 0.25) is 0 Å². The maximum absolute atomic E-state index is 12.6. The van der Waals surface area contributed by atoms with Crippen molar-refractivity contribution in [3.63, 3.8) is 0 Å². The van der Waals surface area contributed by atoms with E-state index in [-0.39, 0.29) is 18.4 Å². The summed E-state index contributed by atoms with van der Waals surface area (Å²) in [5.74, 6) is 1.33. The fraction of sp³-hybridized carbons (Fsp3) is 0.550. The van der Waals surface area contributed by atoms with Gasteiger partial charge in [0.1, 0.15) is 0 Å². The molecule has 1 amide bonds. The van der Waals surface area contributed by atoms with Gasteiger partial charge in [0.15, 0.2) is 5.82 Å². The monoisotopic (exact) mass is 418 g/mol. The van der Waals surface area contributed by atoms with Crippen molar-refractivity contribution in [1.82, 2.24) is 19.8 Å². The van der Waals surface area contributed by atoms with Gasteiger partial charge in [-0.1, -0.05) is 11.2 Å². The highest BCUT2D eigenvalue weighted by Gasteiger charge is 2.26. The first-order valence-corrected chi connectivity index (χ1v) is 11.6. The topological polar surface area (TPSA) is 105 Å². The van der Waals surface area contributed by atoms with Crippen molar-refractivity contribution in [3.05, 3.63) is 41.0 Å². The van der Waals surface area contributed by atoms with Crippen LogP contribution >= 0.6 is 0 Å². The highest BCUT2D eigenvalue weighted by atomic mass is 32.2. The van der Waals surface area contributed by atoms with E-state index in [1.807, 2.05) is 11.0 Å². The third-order valence-corrected chi connectivity index (χ3v) is 7.26. The van der Waals surface area contributed by atoms with Crippen LogP contribution in [0.15, 0.2) is 27.6 Å². The molecule has 0 spiro atoms. The van der Waals surface area contributed by atoms with Crippen molar-refractivity contribution in [2.45, 2.75) is 56.3 Å². The molecule has 156 valence electrons. The number of fused-ring (bicyclic) bond motifs is 1. The van der Waals surface area contributed by atoms with Crippen molar-refractivity contribution >= 4 is 15.9 Å². The Kier molecular flexibility index (Phi) is 5.69. The molecule has 0 bridgehead atoms. The molecule has 29 heavy (non-hydrogen) atoms. The molecular weight excluding hydrogens is 392 g/mol. The Hall–Kier alpha value is -2.26. The quantitative estimate of drug-likeness (QED) is 0.767. The number of aryl methyl sites for hydroxylation is 2. The zero-order chi connectivity index (χ0) is 20.4. The normalized spacial score (nSPS) is 17.5. The predicted octanol–water partition coefficient (Wildman–Crippen LogP) is 1.81. The van der Waals surface area contributed by atoms with Gasteiger partial charge in [-0.15, -0.1) is 0 Å². The lowest BCUT2D eigenvalue weighted by atomic mass is 9.96. The molecule has 0 unspecified atom stereocenters. The molecule has 1 aliphatic heterocycles. The summed E-state index contributed by atoms with van der Waals surface area (Å²) in [7, 11) is -3.56. The van der Waals surface area contributed by atoms with E-state index in [0.717, 1.165) is 37.7 Å². The summed E-state index contributed by atoms with van der Waals surface area (Å²) in [5.41, 5.74) is 2.38. The zero-order valence-corrected chi connectivity index (χ0v) is 17.4. The largest absolute Gasteiger partial charge is 0.343 e. The average Bonchev–Trinajstić information content (AvgIpc) is 3.36. The van der Waals surface area contributed by atoms with E-state index < -0.39 is 10.0 Å². The van der Waals surface area contributed by atoms with Gasteiger partial charge in [0.2, 0.25) is 21.8 Å². The summed E-state index contributed by atoms with van der Waals surface area (Å²) in [6.45, 7) is 3.18. The summed E-state index contributed by atoms with van der Waals surface area (Å²) < 4.78 is 33.0. The van der Waals surface area contributed by atoms with E-state index in [1.54, 1.807) is 19.1 Å². The Bertz CT molecular complexity index is 994. The second kappa shape index (κ2) is 8.23. The molecule has 2 aromatic rings. The number of hydrogen-bond acceptors (Lipinski definition) is 6. The molecule has 1 aromatic heterocycles. The fourth-order valence-electron chi connectivity index (χ4n) is 4.08. The number of sulfonamides is 1. The first-order chi connectivity index (χ1) is 13.9. The SMILES string of the molecule is CC(=O)N1CCC(c2noc(CCNS(=O)(=O)c3ccc4c(c3)CCC4)n2)CC1. The fourth-order valence-corrected chi connectivity index (χ4v) is 5.16. The number of carbonyl (C=O) groups excluding carboxylic acids is 1. The van der Waals surface area contributed by atoms with Crippen LogP contribution in [0.3, 0.4) is 0 Å². The molecule has 1 fully saturated rings. The number of nitrogens with one attached hydrogen (secondary N) is 1. The minimum absolute atomic E-state index is 0.0907. The summed E-state index contributed by atoms with van der Waals surface area (Å²) in [6.07, 6.45) is 5.00. The van der Waals surface area contributed by atoms with Gasteiger partial charge in [-0.05, 0) is 55.4 Å². The Morgan fingerprint density at radius 3 is 2.76 bits per heavy atom. The number of piperidine rings is 1. The van der Waals surface area contributed by atoms with Gasteiger partial charge in [-0.2, -0.15) is 4.98 Å². The molecule has 0 atom stereocenters. The number of likely N-dealkylation sites (tertiary alicyclic amines) is 1. The van der Waals surface area contributed by atoms with E-state index in [4.69, 9.17) is 4.52 Å². The number of aromatic nitrogens is 2. The van der Waals surface area contributed by atoms with Crippen LogP contribution in [-0.4, -0.2) is 49.0 Å². The van der Waals surface area contributed by atoms with Crippen LogP contribution < -0.4 is 4.72 Å². The lowest BCUT2D eigenvalue weighted by Gasteiger charge is -2.29. The van der Waals surface area contributed by atoms with Gasteiger partial charge in [0.25, 0.3) is 0 Å². The standard InChI is InChI=1S/C20H26N4O4S/c1-14(25)24-11-8-16(9-12-24)20-22-19(28-23-20)7-10-21-29(26,27)18-6-5-15-3-2-4-17(15)13-18/h5-6,13,16,21H,2-4,7-12H2,1H3. The van der Waals surface area contributed by atoms with Crippen LogP contribution in [-0.2, 0) is 34.1 Å². The summed E-state index contributed by atoms with van der Waals surface area (Å²) in [5, 5.41) is 4.06. The minimum Gasteiger partial charge on any atom is -0.343 e. The molecule has 0 radical (unpaired) electrons. The molecule has 1 aromatic carbocycles. The molecule has 1 N–H and O–H groups in total. The Balaban J connectivity index is 1.30. The molecule has 0 saturated carbocycles. The van der Waals surface area contributed by atoms with Crippen LogP contribution in [0.5, 0.6) is 0 Å². The first kappa shape index (κ1) is 20.0. The van der Waals surface area contributed by atoms with E-state index in [1.165, 1.54) is 5.56 Å². The second-order valence-corrected chi connectivity index (χ2v) is 9.53. The van der Waals surface area contributed by atoms with Crippen molar-refractivity contribution < 1.29 is 17.7 Å². The van der Waals surface area contributed by atoms with Crippen LogP contribution in [0, 0.1) is 0 Å². The van der Waals surface area contributed by atoms with Gasteiger partial charge in [0.05, 0.1) is 4.90 Å². The van der Waals surface area contributed by atoms with Crippen LogP contribution in [0.4, 0.5) is 0 Å². The van der Waals surface area contributed by atoms with Crippen molar-refractivity contribution in [3.8, 4) is 0 Å². The molecule has 2 heterocycles. The maximum atomic E-state index is 12.6. The van der Waals surface area contributed by atoms with E-state index in [0.29, 0.717) is 36.1 Å². The maximum Gasteiger partial charge on any atom is 0.240 e. The molecule has 8 nitrogen and oxygen atoms in total. The second-order valence-electron chi connectivity index (χ2n) is 7.76. The Morgan fingerprint density at radius 2 is 2.00 bits per heavy atom. The van der Waals surface area contributed by atoms with E-state index in [2.05, 4.69) is 14.9 Å². The van der Waals surface area contributed by atoms with Gasteiger partial charge in [-0.3, -0.25) is 4.79 Å². The van der Waals surface area contributed by atoms with Crippen molar-refractivity contribution in [2.75, 3.05) is 19.6 Å². The minimum atomic E-state index is -3.56. The van der Waals surface area contributed by atoms with Gasteiger partial charge < -0.3 is 9.42 Å². The highest BCUT2D eigenvalue weighted by molar-refractivity contribution is 7.89. The Labute approximate surface area is 170 Å². The van der Waals surface area contributed by atoms with E-state index in [9.17, 15) is 13.2 Å². The number of rotatable bonds is 6. The van der Waals surface area contributed by atoms with Gasteiger partial charge in [0, 0.05) is 38.9 Å². The summed E-state index contributed by atoms with van der Waals surface area (Å²) in [6, 6.07) is 5.37. The lowest BCUT2D eigenvalue weighted by Crippen LogP contribution is -2.36. The van der Waals surface area contributed by atoms with Gasteiger partial charge in [-0.25, -0.2) is 13.1 Å². The highest BCUT2D eigenvalue weighted by Crippen LogP contribution is 2.26. The van der Waals surface area contributed by atoms with Gasteiger partial charge >= 0.3 is 0 Å². The predicted molar refractivity (Wildman–Crippen MR) is 106 cm³/mol. The molecule has 1 aliphatic carbocycles. The van der Waals surface area contributed by atoms with Crippen molar-refractivity contribution in [2.24, 2.45) is 0 Å². The van der Waals surface area contributed by atoms with E-state index >= 15 is 0 Å². The number of nitrogens with zero attached hydrogens (tertiary/aromatic N) is 3. The number of hydrogen-bond donors (Lipinski definition) is 1. The molecule has 1 saturated heterocycles. The third kappa shape index (κ3) is 4.51. The Morgan fingerprint density at radius 1 is 1.24 bits per heavy atom. The molecule has 4 rings (SSSR count). The number of benzene rings is 1. The number of amides is 1. The molecule has 2 aliphatic rings. The summed E-state index contributed by atoms with van der Waals surface area (Å²) in [4.78, 5) is 18.0. The van der Waals surface area contributed by atoms with Crippen LogP contribution in [0.25, 0.3) is 0 Å². The third-order valence-electron chi connectivity index (χ3n) is 5.80. The van der Waals surface area contributed by atoms with Crippen LogP contribution in [0.1, 0.15) is 54.9 Å². The first-order valence-electron chi connectivity index (χ1n) is 10.1. The number of carbonyl (C=O) groups is 1. The van der Waals surface area contributed by atoms with Crippen molar-refractivity contribution in [1.29, 1.82) is 0 Å². The zero-order valence-electron chi connectivity index (χ0n) is 16.6. The summed E-state index contributed by atoms with van der Waals surface area (Å²) >= 11 is 0. The average molecular weight is 419 g/mol. The smallest absolute Gasteiger partial charge is 0.240 e. The molecular formula is C20H26N4O4S. The lowest BCUT2D eigenvalue weighted by molar-refractivity contribution is -0.129. The molecule has 9 heteroatoms.